The maximum atomic E-state index is 11.1. The normalized spacial score (nSPS) is 10.8. The summed E-state index contributed by atoms with van der Waals surface area (Å²) in [5.74, 6) is 0.137. The number of phenolic OH excluding ortho intramolecular Hbond substituents is 1. The van der Waals surface area contributed by atoms with Crippen LogP contribution in [0.2, 0.25) is 0 Å². The SMILES string of the molecule is CC(C)n1nnc(-c2cccc(O)c2)c1C=O. The molecule has 1 aromatic heterocycles. The van der Waals surface area contributed by atoms with E-state index in [9.17, 15) is 9.90 Å². The van der Waals surface area contributed by atoms with Crippen LogP contribution in [0.15, 0.2) is 24.3 Å². The number of hydrogen-bond donors (Lipinski definition) is 1. The summed E-state index contributed by atoms with van der Waals surface area (Å²) in [5, 5.41) is 17.3. The number of aldehydes is 1. The van der Waals surface area contributed by atoms with Gasteiger partial charge in [-0.05, 0) is 26.0 Å². The molecule has 0 unspecified atom stereocenters. The molecule has 1 N–H and O–H groups in total. The Labute approximate surface area is 98.7 Å². The van der Waals surface area contributed by atoms with E-state index in [1.54, 1.807) is 28.9 Å². The summed E-state index contributed by atoms with van der Waals surface area (Å²) in [4.78, 5) is 11.1. The van der Waals surface area contributed by atoms with E-state index in [1.165, 1.54) is 0 Å². The van der Waals surface area contributed by atoms with Gasteiger partial charge < -0.3 is 5.11 Å². The van der Waals surface area contributed by atoms with Crippen molar-refractivity contribution in [3.8, 4) is 17.0 Å². The first-order valence-corrected chi connectivity index (χ1v) is 5.33. The minimum Gasteiger partial charge on any atom is -0.508 e. The van der Waals surface area contributed by atoms with Crippen LogP contribution in [0.25, 0.3) is 11.3 Å². The van der Waals surface area contributed by atoms with E-state index >= 15 is 0 Å². The molecular formula is C12H13N3O2. The van der Waals surface area contributed by atoms with Gasteiger partial charge in [0.1, 0.15) is 17.1 Å². The van der Waals surface area contributed by atoms with E-state index in [0.717, 1.165) is 6.29 Å². The van der Waals surface area contributed by atoms with Gasteiger partial charge in [0.2, 0.25) is 0 Å². The number of phenols is 1. The number of benzene rings is 1. The molecule has 0 fully saturated rings. The van der Waals surface area contributed by atoms with Crippen LogP contribution in [-0.2, 0) is 0 Å². The molecule has 2 rings (SSSR count). The van der Waals surface area contributed by atoms with Crippen LogP contribution in [0.3, 0.4) is 0 Å². The zero-order chi connectivity index (χ0) is 12.4. The molecule has 5 heteroatoms. The van der Waals surface area contributed by atoms with Gasteiger partial charge in [-0.25, -0.2) is 4.68 Å². The van der Waals surface area contributed by atoms with Crippen molar-refractivity contribution in [2.75, 3.05) is 0 Å². The first-order chi connectivity index (χ1) is 8.13. The molecule has 2 aromatic rings. The average molecular weight is 231 g/mol. The smallest absolute Gasteiger partial charge is 0.170 e. The molecule has 0 saturated carbocycles. The summed E-state index contributed by atoms with van der Waals surface area (Å²) in [5.41, 5.74) is 1.59. The topological polar surface area (TPSA) is 68.0 Å². The molecule has 0 saturated heterocycles. The monoisotopic (exact) mass is 231 g/mol. The minimum absolute atomic E-state index is 0.0637. The molecule has 1 heterocycles. The highest BCUT2D eigenvalue weighted by Crippen LogP contribution is 2.24. The quantitative estimate of drug-likeness (QED) is 0.821. The number of aromatic nitrogens is 3. The van der Waals surface area contributed by atoms with Crippen LogP contribution in [0.5, 0.6) is 5.75 Å². The van der Waals surface area contributed by atoms with Crippen molar-refractivity contribution in [1.82, 2.24) is 15.0 Å². The lowest BCUT2D eigenvalue weighted by Crippen LogP contribution is -2.07. The van der Waals surface area contributed by atoms with Crippen LogP contribution in [0.4, 0.5) is 0 Å². The van der Waals surface area contributed by atoms with Crippen LogP contribution < -0.4 is 0 Å². The third-order valence-electron chi connectivity index (χ3n) is 2.45. The number of aromatic hydroxyl groups is 1. The highest BCUT2D eigenvalue weighted by atomic mass is 16.3. The number of hydrogen-bond acceptors (Lipinski definition) is 4. The molecule has 17 heavy (non-hydrogen) atoms. The molecule has 0 bridgehead atoms. The summed E-state index contributed by atoms with van der Waals surface area (Å²) >= 11 is 0. The Bertz CT molecular complexity index is 546. The third kappa shape index (κ3) is 2.04. The summed E-state index contributed by atoms with van der Waals surface area (Å²) < 4.78 is 1.56. The maximum absolute atomic E-state index is 11.1. The van der Waals surface area contributed by atoms with Gasteiger partial charge in [0.05, 0.1) is 0 Å². The van der Waals surface area contributed by atoms with Gasteiger partial charge in [-0.2, -0.15) is 0 Å². The van der Waals surface area contributed by atoms with Crippen molar-refractivity contribution < 1.29 is 9.90 Å². The predicted molar refractivity (Wildman–Crippen MR) is 62.9 cm³/mol. The van der Waals surface area contributed by atoms with E-state index in [4.69, 9.17) is 0 Å². The lowest BCUT2D eigenvalue weighted by Gasteiger charge is -2.05. The molecule has 0 radical (unpaired) electrons. The summed E-state index contributed by atoms with van der Waals surface area (Å²) in [6.07, 6.45) is 0.735. The molecule has 0 aliphatic rings. The van der Waals surface area contributed by atoms with Crippen molar-refractivity contribution >= 4 is 6.29 Å². The second-order valence-electron chi connectivity index (χ2n) is 4.03. The maximum Gasteiger partial charge on any atom is 0.170 e. The number of carbonyl (C=O) groups excluding carboxylic acids is 1. The Morgan fingerprint density at radius 2 is 2.18 bits per heavy atom. The Kier molecular flexibility index (Phi) is 2.91. The van der Waals surface area contributed by atoms with Crippen molar-refractivity contribution in [3.63, 3.8) is 0 Å². The second kappa shape index (κ2) is 4.37. The Morgan fingerprint density at radius 1 is 1.41 bits per heavy atom. The Hall–Kier alpha value is -2.17. The van der Waals surface area contributed by atoms with E-state index in [1.807, 2.05) is 13.8 Å². The molecule has 88 valence electrons. The van der Waals surface area contributed by atoms with Crippen molar-refractivity contribution in [2.24, 2.45) is 0 Å². The highest BCUT2D eigenvalue weighted by molar-refractivity contribution is 5.83. The molecule has 0 atom stereocenters. The molecule has 0 amide bonds. The molecular weight excluding hydrogens is 218 g/mol. The van der Waals surface area contributed by atoms with Crippen LogP contribution in [0.1, 0.15) is 30.4 Å². The Balaban J connectivity index is 2.56. The highest BCUT2D eigenvalue weighted by Gasteiger charge is 2.15. The van der Waals surface area contributed by atoms with E-state index in [2.05, 4.69) is 10.3 Å². The van der Waals surface area contributed by atoms with E-state index in [-0.39, 0.29) is 11.8 Å². The average Bonchev–Trinajstić information content (AvgIpc) is 2.72. The molecule has 5 nitrogen and oxygen atoms in total. The van der Waals surface area contributed by atoms with Crippen molar-refractivity contribution in [3.05, 3.63) is 30.0 Å². The van der Waals surface area contributed by atoms with Crippen LogP contribution >= 0.6 is 0 Å². The van der Waals surface area contributed by atoms with Crippen LogP contribution in [-0.4, -0.2) is 26.4 Å². The molecule has 0 aliphatic heterocycles. The summed E-state index contributed by atoms with van der Waals surface area (Å²) in [7, 11) is 0. The standard InChI is InChI=1S/C12H13N3O2/c1-8(2)15-11(7-16)12(13-14-15)9-4-3-5-10(17)6-9/h3-8,17H,1-2H3. The fourth-order valence-corrected chi connectivity index (χ4v) is 1.65. The van der Waals surface area contributed by atoms with Gasteiger partial charge >= 0.3 is 0 Å². The van der Waals surface area contributed by atoms with Crippen molar-refractivity contribution in [1.29, 1.82) is 0 Å². The van der Waals surface area contributed by atoms with Gasteiger partial charge in [-0.1, -0.05) is 17.3 Å². The summed E-state index contributed by atoms with van der Waals surface area (Å²) in [6, 6.07) is 6.67. The van der Waals surface area contributed by atoms with Gasteiger partial charge in [-0.3, -0.25) is 4.79 Å². The van der Waals surface area contributed by atoms with E-state index < -0.39 is 0 Å². The fraction of sp³-hybridized carbons (Fsp3) is 0.250. The molecule has 1 aromatic carbocycles. The lowest BCUT2D eigenvalue weighted by molar-refractivity contribution is 0.111. The van der Waals surface area contributed by atoms with Crippen molar-refractivity contribution in [2.45, 2.75) is 19.9 Å². The zero-order valence-electron chi connectivity index (χ0n) is 9.66. The predicted octanol–water partition coefficient (Wildman–Crippen LogP) is 2.04. The fourth-order valence-electron chi connectivity index (χ4n) is 1.65. The number of rotatable bonds is 3. The zero-order valence-corrected chi connectivity index (χ0v) is 9.66. The van der Waals surface area contributed by atoms with Gasteiger partial charge in [0, 0.05) is 11.6 Å². The van der Waals surface area contributed by atoms with E-state index in [0.29, 0.717) is 17.0 Å². The number of carbonyl (C=O) groups is 1. The molecule has 0 spiro atoms. The van der Waals surface area contributed by atoms with Crippen LogP contribution in [0, 0.1) is 0 Å². The second-order valence-corrected chi connectivity index (χ2v) is 4.03. The van der Waals surface area contributed by atoms with Gasteiger partial charge in [0.15, 0.2) is 6.29 Å². The third-order valence-corrected chi connectivity index (χ3v) is 2.45. The first kappa shape index (κ1) is 11.3. The number of nitrogens with zero attached hydrogens (tertiary/aromatic N) is 3. The Morgan fingerprint density at radius 3 is 2.76 bits per heavy atom. The largest absolute Gasteiger partial charge is 0.508 e. The minimum atomic E-state index is 0.0637. The van der Waals surface area contributed by atoms with Gasteiger partial charge in [0.25, 0.3) is 0 Å². The lowest BCUT2D eigenvalue weighted by atomic mass is 10.1. The van der Waals surface area contributed by atoms with Gasteiger partial charge in [-0.15, -0.1) is 5.10 Å². The molecule has 0 aliphatic carbocycles. The first-order valence-electron chi connectivity index (χ1n) is 5.33. The summed E-state index contributed by atoms with van der Waals surface area (Å²) in [6.45, 7) is 3.85.